The monoisotopic (exact) mass is 151 g/mol. The molecule has 3 nitrogen and oxygen atoms in total. The largest absolute Gasteiger partial charge is 0.285 e. The van der Waals surface area contributed by atoms with Crippen LogP contribution < -0.4 is 0 Å². The molecule has 9 heavy (non-hydrogen) atoms. The van der Waals surface area contributed by atoms with Gasteiger partial charge in [-0.25, -0.2) is 0 Å². The van der Waals surface area contributed by atoms with Gasteiger partial charge in [-0.2, -0.15) is 8.42 Å². The summed E-state index contributed by atoms with van der Waals surface area (Å²) in [4.78, 5) is 0. The van der Waals surface area contributed by atoms with Crippen LogP contribution in [0.15, 0.2) is 0 Å². The molecule has 0 fully saturated rings. The van der Waals surface area contributed by atoms with Crippen molar-refractivity contribution >= 4 is 10.1 Å². The molecule has 0 saturated heterocycles. The van der Waals surface area contributed by atoms with E-state index in [1.165, 1.54) is 6.92 Å². The molecule has 0 amide bonds. The maximum absolute atomic E-state index is 10.3. The van der Waals surface area contributed by atoms with Gasteiger partial charge in [-0.3, -0.25) is 4.55 Å². The average molecular weight is 151 g/mol. The number of hydrogen-bond donors (Lipinski definition) is 1. The highest BCUT2D eigenvalue weighted by molar-refractivity contribution is 7.86. The smallest absolute Gasteiger partial charge is 0.267 e. The van der Waals surface area contributed by atoms with Crippen molar-refractivity contribution in [2.75, 3.05) is 0 Å². The molecule has 4 heteroatoms. The third-order valence-electron chi connectivity index (χ3n) is 1.08. The first-order valence-corrected chi connectivity index (χ1v) is 4.23. The SMILES string of the molecule is C[CH]CC(C)S(=O)(=O)O. The van der Waals surface area contributed by atoms with E-state index >= 15 is 0 Å². The Kier molecular flexibility index (Phi) is 3.14. The van der Waals surface area contributed by atoms with E-state index in [9.17, 15) is 8.42 Å². The molecule has 1 unspecified atom stereocenters. The van der Waals surface area contributed by atoms with Crippen LogP contribution in [-0.2, 0) is 10.1 Å². The Morgan fingerprint density at radius 1 is 1.67 bits per heavy atom. The van der Waals surface area contributed by atoms with Crippen LogP contribution in [0.5, 0.6) is 0 Å². The van der Waals surface area contributed by atoms with Crippen LogP contribution in [-0.4, -0.2) is 18.2 Å². The lowest BCUT2D eigenvalue weighted by molar-refractivity contribution is 0.469. The Morgan fingerprint density at radius 3 is 2.22 bits per heavy atom. The number of hydrogen-bond acceptors (Lipinski definition) is 2. The predicted molar refractivity (Wildman–Crippen MR) is 35.6 cm³/mol. The third-order valence-corrected chi connectivity index (χ3v) is 2.29. The Morgan fingerprint density at radius 2 is 2.11 bits per heavy atom. The molecule has 55 valence electrons. The minimum atomic E-state index is -3.80. The van der Waals surface area contributed by atoms with Crippen molar-refractivity contribution in [3.8, 4) is 0 Å². The molecule has 1 N–H and O–H groups in total. The molecular formula is C5H11O3S. The first-order chi connectivity index (χ1) is 3.98. The van der Waals surface area contributed by atoms with E-state index in [4.69, 9.17) is 4.55 Å². The van der Waals surface area contributed by atoms with Gasteiger partial charge in [0.15, 0.2) is 0 Å². The molecule has 0 aliphatic carbocycles. The van der Waals surface area contributed by atoms with Crippen LogP contribution in [0, 0.1) is 6.42 Å². The molecule has 0 rings (SSSR count). The molecular weight excluding hydrogens is 140 g/mol. The van der Waals surface area contributed by atoms with Crippen LogP contribution in [0.4, 0.5) is 0 Å². The van der Waals surface area contributed by atoms with Crippen molar-refractivity contribution in [3.63, 3.8) is 0 Å². The van der Waals surface area contributed by atoms with E-state index in [-0.39, 0.29) is 0 Å². The van der Waals surface area contributed by atoms with E-state index in [2.05, 4.69) is 0 Å². The molecule has 1 atom stereocenters. The molecule has 0 saturated carbocycles. The molecule has 1 radical (unpaired) electrons. The van der Waals surface area contributed by atoms with Gasteiger partial charge in [0.25, 0.3) is 10.1 Å². The summed E-state index contributed by atoms with van der Waals surface area (Å²) in [5.41, 5.74) is 0. The molecule has 0 aliphatic heterocycles. The highest BCUT2D eigenvalue weighted by Gasteiger charge is 2.14. The first kappa shape index (κ1) is 8.91. The third kappa shape index (κ3) is 3.48. The second-order valence-corrected chi connectivity index (χ2v) is 3.80. The molecule has 0 heterocycles. The van der Waals surface area contributed by atoms with E-state index in [0.29, 0.717) is 6.42 Å². The second-order valence-electron chi connectivity index (χ2n) is 1.97. The molecule has 0 aliphatic rings. The Balaban J connectivity index is 3.90. The quantitative estimate of drug-likeness (QED) is 0.609. The van der Waals surface area contributed by atoms with Crippen LogP contribution >= 0.6 is 0 Å². The Bertz CT molecular complexity index is 159. The summed E-state index contributed by atoms with van der Waals surface area (Å²) in [6.45, 7) is 3.22. The summed E-state index contributed by atoms with van der Waals surface area (Å²) in [7, 11) is -3.80. The summed E-state index contributed by atoms with van der Waals surface area (Å²) in [5, 5.41) is -0.664. The second kappa shape index (κ2) is 3.17. The van der Waals surface area contributed by atoms with Crippen molar-refractivity contribution in [2.45, 2.75) is 25.5 Å². The van der Waals surface area contributed by atoms with Crippen LogP contribution in [0.1, 0.15) is 20.3 Å². The van der Waals surface area contributed by atoms with Gasteiger partial charge in [0, 0.05) is 0 Å². The lowest BCUT2D eigenvalue weighted by Gasteiger charge is -2.03. The maximum Gasteiger partial charge on any atom is 0.267 e. The van der Waals surface area contributed by atoms with Crippen LogP contribution in [0.25, 0.3) is 0 Å². The Labute approximate surface area is 55.8 Å². The van der Waals surface area contributed by atoms with Crippen LogP contribution in [0.3, 0.4) is 0 Å². The van der Waals surface area contributed by atoms with Gasteiger partial charge in [0.05, 0.1) is 5.25 Å². The molecule has 0 bridgehead atoms. The summed E-state index contributed by atoms with van der Waals surface area (Å²) in [6, 6.07) is 0. The zero-order valence-corrected chi connectivity index (χ0v) is 6.35. The Hall–Kier alpha value is -0.0900. The zero-order valence-electron chi connectivity index (χ0n) is 5.53. The maximum atomic E-state index is 10.3. The fourth-order valence-electron chi connectivity index (χ4n) is 0.454. The highest BCUT2D eigenvalue weighted by Crippen LogP contribution is 2.03. The number of rotatable bonds is 3. The van der Waals surface area contributed by atoms with Gasteiger partial charge in [0.1, 0.15) is 0 Å². The minimum absolute atomic E-state index is 0.402. The van der Waals surface area contributed by atoms with E-state index < -0.39 is 15.4 Å². The molecule has 0 spiro atoms. The van der Waals surface area contributed by atoms with Crippen LogP contribution in [0.2, 0.25) is 0 Å². The topological polar surface area (TPSA) is 54.4 Å². The fraction of sp³-hybridized carbons (Fsp3) is 0.800. The summed E-state index contributed by atoms with van der Waals surface area (Å²) >= 11 is 0. The predicted octanol–water partition coefficient (Wildman–Crippen LogP) is 0.877. The first-order valence-electron chi connectivity index (χ1n) is 2.72. The van der Waals surface area contributed by atoms with E-state index in [0.717, 1.165) is 0 Å². The van der Waals surface area contributed by atoms with Gasteiger partial charge in [-0.05, 0) is 19.8 Å². The van der Waals surface area contributed by atoms with E-state index in [1.54, 1.807) is 13.3 Å². The summed E-state index contributed by atoms with van der Waals surface area (Å²) in [6.07, 6.45) is 2.11. The lowest BCUT2D eigenvalue weighted by Crippen LogP contribution is -2.15. The van der Waals surface area contributed by atoms with Crippen molar-refractivity contribution in [1.29, 1.82) is 0 Å². The molecule has 0 aromatic carbocycles. The standard InChI is InChI=1S/C5H11O3S/c1-3-4-5(2)9(6,7)8/h3,5H,4H2,1-2H3,(H,6,7,8). The highest BCUT2D eigenvalue weighted by atomic mass is 32.2. The van der Waals surface area contributed by atoms with Gasteiger partial charge in [-0.15, -0.1) is 0 Å². The normalized spacial score (nSPS) is 15.4. The summed E-state index contributed by atoms with van der Waals surface area (Å²) in [5.74, 6) is 0. The van der Waals surface area contributed by atoms with Gasteiger partial charge in [0.2, 0.25) is 0 Å². The van der Waals surface area contributed by atoms with Crippen molar-refractivity contribution in [3.05, 3.63) is 6.42 Å². The van der Waals surface area contributed by atoms with Gasteiger partial charge >= 0.3 is 0 Å². The molecule has 0 aromatic heterocycles. The van der Waals surface area contributed by atoms with Gasteiger partial charge in [-0.1, -0.05) is 6.92 Å². The van der Waals surface area contributed by atoms with Gasteiger partial charge < -0.3 is 0 Å². The fourth-order valence-corrected chi connectivity index (χ4v) is 0.889. The van der Waals surface area contributed by atoms with Crippen molar-refractivity contribution in [1.82, 2.24) is 0 Å². The lowest BCUT2D eigenvalue weighted by atomic mass is 10.3. The summed E-state index contributed by atoms with van der Waals surface area (Å²) < 4.78 is 28.9. The van der Waals surface area contributed by atoms with E-state index in [1.807, 2.05) is 0 Å². The molecule has 0 aromatic rings. The van der Waals surface area contributed by atoms with Crippen molar-refractivity contribution < 1.29 is 13.0 Å². The minimum Gasteiger partial charge on any atom is -0.285 e. The van der Waals surface area contributed by atoms with Crippen molar-refractivity contribution in [2.24, 2.45) is 0 Å². The average Bonchev–Trinajstić information content (AvgIpc) is 1.64. The zero-order chi connectivity index (χ0) is 7.49.